The predicted octanol–water partition coefficient (Wildman–Crippen LogP) is 2.72. The van der Waals surface area contributed by atoms with Crippen LogP contribution in [0.25, 0.3) is 0 Å². The second kappa shape index (κ2) is 4.05. The standard InChI is InChI=1S/C14H23N3/c1-10-8-11(9-15-13(2,3)4)17-12(16-10)14(5)6-7-14/h8,15H,6-7,9H2,1-5H3. The second-order valence-corrected chi connectivity index (χ2v) is 6.49. The van der Waals surface area contributed by atoms with Gasteiger partial charge in [0.1, 0.15) is 5.82 Å². The summed E-state index contributed by atoms with van der Waals surface area (Å²) in [5.74, 6) is 1.03. The minimum absolute atomic E-state index is 0.127. The summed E-state index contributed by atoms with van der Waals surface area (Å²) >= 11 is 0. The largest absolute Gasteiger partial charge is 0.306 e. The number of rotatable bonds is 3. The summed E-state index contributed by atoms with van der Waals surface area (Å²) in [7, 11) is 0. The van der Waals surface area contributed by atoms with Crippen LogP contribution >= 0.6 is 0 Å². The maximum atomic E-state index is 4.70. The Kier molecular flexibility index (Phi) is 2.98. The summed E-state index contributed by atoms with van der Waals surface area (Å²) < 4.78 is 0. The first-order valence-electron chi connectivity index (χ1n) is 6.39. The third-order valence-electron chi connectivity index (χ3n) is 3.25. The van der Waals surface area contributed by atoms with Gasteiger partial charge in [0.25, 0.3) is 0 Å². The van der Waals surface area contributed by atoms with E-state index in [4.69, 9.17) is 4.98 Å². The summed E-state index contributed by atoms with van der Waals surface area (Å²) in [5.41, 5.74) is 2.56. The van der Waals surface area contributed by atoms with E-state index in [2.05, 4.69) is 51.0 Å². The Morgan fingerprint density at radius 1 is 1.29 bits per heavy atom. The molecule has 0 unspecified atom stereocenters. The van der Waals surface area contributed by atoms with Gasteiger partial charge in [0, 0.05) is 23.2 Å². The fourth-order valence-corrected chi connectivity index (χ4v) is 1.76. The van der Waals surface area contributed by atoms with Crippen molar-refractivity contribution >= 4 is 0 Å². The normalized spacial score (nSPS) is 18.2. The quantitative estimate of drug-likeness (QED) is 0.872. The van der Waals surface area contributed by atoms with Gasteiger partial charge >= 0.3 is 0 Å². The Labute approximate surface area is 104 Å². The molecule has 0 amide bonds. The number of hydrogen-bond acceptors (Lipinski definition) is 3. The van der Waals surface area contributed by atoms with Crippen LogP contribution in [0.15, 0.2) is 6.07 Å². The smallest absolute Gasteiger partial charge is 0.134 e. The minimum Gasteiger partial charge on any atom is -0.306 e. The molecule has 1 fully saturated rings. The first-order chi connectivity index (χ1) is 7.78. The molecule has 2 rings (SSSR count). The zero-order chi connectivity index (χ0) is 12.7. The van der Waals surface area contributed by atoms with E-state index in [1.165, 1.54) is 12.8 Å². The van der Waals surface area contributed by atoms with Crippen molar-refractivity contribution in [3.05, 3.63) is 23.3 Å². The fraction of sp³-hybridized carbons (Fsp3) is 0.714. The molecular weight excluding hydrogens is 210 g/mol. The lowest BCUT2D eigenvalue weighted by molar-refractivity contribution is 0.420. The van der Waals surface area contributed by atoms with E-state index in [9.17, 15) is 0 Å². The van der Waals surface area contributed by atoms with Gasteiger partial charge in [-0.1, -0.05) is 6.92 Å². The number of aromatic nitrogens is 2. The van der Waals surface area contributed by atoms with Crippen LogP contribution in [-0.2, 0) is 12.0 Å². The third kappa shape index (κ3) is 3.25. The van der Waals surface area contributed by atoms with Crippen LogP contribution in [0.2, 0.25) is 0 Å². The fourth-order valence-electron chi connectivity index (χ4n) is 1.76. The molecule has 1 aromatic heterocycles. The second-order valence-electron chi connectivity index (χ2n) is 6.49. The van der Waals surface area contributed by atoms with Gasteiger partial charge in [0.05, 0.1) is 5.69 Å². The van der Waals surface area contributed by atoms with E-state index < -0.39 is 0 Å². The van der Waals surface area contributed by atoms with Crippen molar-refractivity contribution in [2.24, 2.45) is 0 Å². The molecule has 1 heterocycles. The first-order valence-corrected chi connectivity index (χ1v) is 6.39. The lowest BCUT2D eigenvalue weighted by atomic mass is 10.1. The van der Waals surface area contributed by atoms with Gasteiger partial charge in [0.2, 0.25) is 0 Å². The highest BCUT2D eigenvalue weighted by Crippen LogP contribution is 2.45. The average Bonchev–Trinajstić information content (AvgIpc) is 2.93. The molecule has 17 heavy (non-hydrogen) atoms. The topological polar surface area (TPSA) is 37.8 Å². The Hall–Kier alpha value is -0.960. The van der Waals surface area contributed by atoms with Crippen LogP contribution in [0.5, 0.6) is 0 Å². The van der Waals surface area contributed by atoms with Crippen LogP contribution in [0.3, 0.4) is 0 Å². The predicted molar refractivity (Wildman–Crippen MR) is 69.9 cm³/mol. The van der Waals surface area contributed by atoms with Crippen LogP contribution in [-0.4, -0.2) is 15.5 Å². The van der Waals surface area contributed by atoms with Crippen molar-refractivity contribution in [2.45, 2.75) is 65.0 Å². The van der Waals surface area contributed by atoms with Crippen LogP contribution in [0.1, 0.15) is 57.7 Å². The molecule has 1 aromatic rings. The SMILES string of the molecule is Cc1cc(CNC(C)(C)C)nc(C2(C)CC2)n1. The van der Waals surface area contributed by atoms with E-state index in [1.807, 2.05) is 0 Å². The maximum Gasteiger partial charge on any atom is 0.134 e. The van der Waals surface area contributed by atoms with Crippen molar-refractivity contribution in [1.29, 1.82) is 0 Å². The Morgan fingerprint density at radius 2 is 1.94 bits per heavy atom. The van der Waals surface area contributed by atoms with Crippen LogP contribution in [0, 0.1) is 6.92 Å². The first kappa shape index (κ1) is 12.5. The molecule has 1 aliphatic rings. The van der Waals surface area contributed by atoms with Crippen molar-refractivity contribution in [3.8, 4) is 0 Å². The summed E-state index contributed by atoms with van der Waals surface area (Å²) in [6, 6.07) is 2.08. The molecule has 0 aliphatic heterocycles. The van der Waals surface area contributed by atoms with Crippen molar-refractivity contribution in [1.82, 2.24) is 15.3 Å². The zero-order valence-corrected chi connectivity index (χ0v) is 11.6. The van der Waals surface area contributed by atoms with E-state index in [-0.39, 0.29) is 11.0 Å². The molecule has 0 aromatic carbocycles. The highest BCUT2D eigenvalue weighted by molar-refractivity contribution is 5.20. The highest BCUT2D eigenvalue weighted by Gasteiger charge is 2.42. The molecular formula is C14H23N3. The number of hydrogen-bond donors (Lipinski definition) is 1. The Balaban J connectivity index is 2.15. The zero-order valence-electron chi connectivity index (χ0n) is 11.6. The molecule has 3 heteroatoms. The summed E-state index contributed by atoms with van der Waals surface area (Å²) in [6.45, 7) is 11.6. The lowest BCUT2D eigenvalue weighted by Crippen LogP contribution is -2.35. The number of aryl methyl sites for hydroxylation is 1. The molecule has 0 bridgehead atoms. The molecule has 0 radical (unpaired) electrons. The van der Waals surface area contributed by atoms with Gasteiger partial charge in [0.15, 0.2) is 0 Å². The van der Waals surface area contributed by atoms with E-state index in [1.54, 1.807) is 0 Å². The van der Waals surface area contributed by atoms with Gasteiger partial charge in [-0.15, -0.1) is 0 Å². The van der Waals surface area contributed by atoms with Gasteiger partial charge < -0.3 is 5.32 Å². The molecule has 0 saturated heterocycles. The van der Waals surface area contributed by atoms with Gasteiger partial charge in [-0.3, -0.25) is 0 Å². The third-order valence-corrected chi connectivity index (χ3v) is 3.25. The van der Waals surface area contributed by atoms with Crippen molar-refractivity contribution in [3.63, 3.8) is 0 Å². The molecule has 0 atom stereocenters. The average molecular weight is 233 g/mol. The van der Waals surface area contributed by atoms with Gasteiger partial charge in [-0.25, -0.2) is 9.97 Å². The lowest BCUT2D eigenvalue weighted by Gasteiger charge is -2.20. The maximum absolute atomic E-state index is 4.70. The number of nitrogens with one attached hydrogen (secondary N) is 1. The van der Waals surface area contributed by atoms with Gasteiger partial charge in [-0.2, -0.15) is 0 Å². The summed E-state index contributed by atoms with van der Waals surface area (Å²) in [4.78, 5) is 9.27. The molecule has 1 aliphatic carbocycles. The Bertz CT molecular complexity index is 414. The minimum atomic E-state index is 0.127. The molecule has 94 valence electrons. The summed E-state index contributed by atoms with van der Waals surface area (Å²) in [5, 5.41) is 3.47. The molecule has 3 nitrogen and oxygen atoms in total. The number of nitrogens with zero attached hydrogens (tertiary/aromatic N) is 2. The molecule has 1 N–H and O–H groups in total. The van der Waals surface area contributed by atoms with Gasteiger partial charge in [-0.05, 0) is 46.6 Å². The monoisotopic (exact) mass is 233 g/mol. The highest BCUT2D eigenvalue weighted by atomic mass is 15.0. The Morgan fingerprint density at radius 3 is 2.47 bits per heavy atom. The van der Waals surface area contributed by atoms with E-state index in [0.29, 0.717) is 0 Å². The van der Waals surface area contributed by atoms with Crippen LogP contribution in [0.4, 0.5) is 0 Å². The van der Waals surface area contributed by atoms with Crippen molar-refractivity contribution in [2.75, 3.05) is 0 Å². The van der Waals surface area contributed by atoms with Crippen molar-refractivity contribution < 1.29 is 0 Å². The summed E-state index contributed by atoms with van der Waals surface area (Å²) in [6.07, 6.45) is 2.45. The molecule has 1 saturated carbocycles. The van der Waals surface area contributed by atoms with Crippen LogP contribution < -0.4 is 5.32 Å². The van der Waals surface area contributed by atoms with E-state index in [0.717, 1.165) is 23.8 Å². The molecule has 0 spiro atoms. The van der Waals surface area contributed by atoms with E-state index >= 15 is 0 Å².